The van der Waals surface area contributed by atoms with E-state index in [1.165, 1.54) is 6.07 Å². The highest BCUT2D eigenvalue weighted by Crippen LogP contribution is 2.43. The van der Waals surface area contributed by atoms with Gasteiger partial charge in [0.05, 0.1) is 5.25 Å². The van der Waals surface area contributed by atoms with Crippen molar-refractivity contribution in [3.63, 3.8) is 0 Å². The van der Waals surface area contributed by atoms with Crippen LogP contribution < -0.4 is 10.5 Å². The summed E-state index contributed by atoms with van der Waals surface area (Å²) in [6.07, 6.45) is 2.00. The smallest absolute Gasteiger partial charge is 0.247 e. The van der Waals surface area contributed by atoms with Crippen molar-refractivity contribution in [2.75, 3.05) is 13.2 Å². The van der Waals surface area contributed by atoms with E-state index in [1.54, 1.807) is 0 Å². The van der Waals surface area contributed by atoms with Crippen LogP contribution in [0, 0.1) is 0 Å². The predicted octanol–water partition coefficient (Wildman–Crippen LogP) is 1.18. The Balaban J connectivity index is 0.00000288. The molecular formula is C13H23ClN2O5S3. The number of nitrogens with one attached hydrogen (secondary N) is 1. The van der Waals surface area contributed by atoms with Crippen molar-refractivity contribution in [3.8, 4) is 0 Å². The predicted molar refractivity (Wildman–Crippen MR) is 95.9 cm³/mol. The maximum absolute atomic E-state index is 12.7. The van der Waals surface area contributed by atoms with Gasteiger partial charge in [-0.2, -0.15) is 0 Å². The summed E-state index contributed by atoms with van der Waals surface area (Å²) in [5.74, 6) is 0. The molecule has 0 radical (unpaired) electrons. The molecule has 1 aromatic rings. The minimum absolute atomic E-state index is 0. The van der Waals surface area contributed by atoms with Crippen molar-refractivity contribution < 1.29 is 21.9 Å². The second-order valence-electron chi connectivity index (χ2n) is 5.63. The van der Waals surface area contributed by atoms with Gasteiger partial charge in [-0.1, -0.05) is 6.92 Å². The SMILES string of the molecule is CCCNC1CC(CCCO)S(=O)(=O)c2sc(S(N)(=O)=O)cc21.Cl. The average Bonchev–Trinajstić information content (AvgIpc) is 2.92. The molecule has 24 heavy (non-hydrogen) atoms. The standard InChI is InChI=1S/C13H22N2O5S3.ClH/c1-2-5-15-11-7-9(4-3-6-16)22(17,18)13-10(11)8-12(21-13)23(14,19)20;/h8-9,11,15-16H,2-7H2,1H3,(H2,14,19,20);1H. The van der Waals surface area contributed by atoms with E-state index >= 15 is 0 Å². The molecule has 1 aliphatic rings. The lowest BCUT2D eigenvalue weighted by molar-refractivity contribution is 0.280. The molecule has 2 unspecified atom stereocenters. The number of primary sulfonamides is 1. The van der Waals surface area contributed by atoms with Crippen molar-refractivity contribution in [1.82, 2.24) is 5.32 Å². The molecule has 2 heterocycles. The molecule has 4 N–H and O–H groups in total. The summed E-state index contributed by atoms with van der Waals surface area (Å²) in [6.45, 7) is 2.64. The van der Waals surface area contributed by atoms with Crippen molar-refractivity contribution in [1.29, 1.82) is 0 Å². The molecule has 0 aromatic carbocycles. The monoisotopic (exact) mass is 418 g/mol. The van der Waals surface area contributed by atoms with Gasteiger partial charge in [0.15, 0.2) is 9.84 Å². The Kier molecular flexibility index (Phi) is 7.67. The summed E-state index contributed by atoms with van der Waals surface area (Å²) in [6, 6.07) is 1.16. The molecule has 140 valence electrons. The first-order valence-corrected chi connectivity index (χ1v) is 11.4. The first-order chi connectivity index (χ1) is 10.7. The summed E-state index contributed by atoms with van der Waals surface area (Å²) < 4.78 is 48.6. The number of rotatable bonds is 7. The van der Waals surface area contributed by atoms with Crippen molar-refractivity contribution >= 4 is 43.6 Å². The van der Waals surface area contributed by atoms with E-state index in [0.717, 1.165) is 17.8 Å². The number of sulfonamides is 1. The average molecular weight is 419 g/mol. The number of sulfone groups is 1. The number of hydrogen-bond donors (Lipinski definition) is 3. The number of aliphatic hydroxyl groups excluding tert-OH is 1. The highest BCUT2D eigenvalue weighted by Gasteiger charge is 2.41. The van der Waals surface area contributed by atoms with E-state index in [2.05, 4.69) is 5.32 Å². The lowest BCUT2D eigenvalue weighted by Crippen LogP contribution is -2.35. The van der Waals surface area contributed by atoms with Gasteiger partial charge in [-0.05, 0) is 38.3 Å². The van der Waals surface area contributed by atoms with Crippen LogP contribution in [0.5, 0.6) is 0 Å². The van der Waals surface area contributed by atoms with Gasteiger partial charge < -0.3 is 10.4 Å². The molecular weight excluding hydrogens is 396 g/mol. The van der Waals surface area contributed by atoms with Crippen LogP contribution in [-0.4, -0.2) is 40.3 Å². The lowest BCUT2D eigenvalue weighted by atomic mass is 10.0. The van der Waals surface area contributed by atoms with E-state index in [0.29, 0.717) is 31.4 Å². The third-order valence-electron chi connectivity index (χ3n) is 3.88. The Bertz CT molecular complexity index is 761. The van der Waals surface area contributed by atoms with Crippen molar-refractivity contribution in [2.24, 2.45) is 5.14 Å². The first kappa shape index (κ1) is 21.8. The Morgan fingerprint density at radius 3 is 2.67 bits per heavy atom. The summed E-state index contributed by atoms with van der Waals surface area (Å²) in [5, 5.41) is 16.8. The summed E-state index contributed by atoms with van der Waals surface area (Å²) in [4.78, 5) is 0. The Morgan fingerprint density at radius 1 is 1.46 bits per heavy atom. The second-order valence-corrected chi connectivity index (χ2v) is 10.9. The summed E-state index contributed by atoms with van der Waals surface area (Å²) >= 11 is 0.720. The quantitative estimate of drug-likeness (QED) is 0.610. The molecule has 0 spiro atoms. The zero-order valence-corrected chi connectivity index (χ0v) is 16.5. The zero-order valence-electron chi connectivity index (χ0n) is 13.3. The van der Waals surface area contributed by atoms with Crippen LogP contribution in [0.2, 0.25) is 0 Å². The Labute approximate surface area is 153 Å². The maximum atomic E-state index is 12.7. The molecule has 1 aliphatic heterocycles. The molecule has 1 aromatic heterocycles. The number of nitrogens with two attached hydrogens (primary N) is 1. The third-order valence-corrected chi connectivity index (χ3v) is 9.25. The van der Waals surface area contributed by atoms with Gasteiger partial charge in [0.2, 0.25) is 10.0 Å². The van der Waals surface area contributed by atoms with Gasteiger partial charge in [0, 0.05) is 18.2 Å². The van der Waals surface area contributed by atoms with E-state index in [4.69, 9.17) is 10.2 Å². The molecule has 0 bridgehead atoms. The number of halogens is 1. The van der Waals surface area contributed by atoms with Crippen molar-refractivity contribution in [2.45, 2.75) is 52.3 Å². The molecule has 11 heteroatoms. The van der Waals surface area contributed by atoms with Crippen LogP contribution >= 0.6 is 23.7 Å². The molecule has 7 nitrogen and oxygen atoms in total. The second kappa shape index (κ2) is 8.43. The molecule has 0 saturated carbocycles. The summed E-state index contributed by atoms with van der Waals surface area (Å²) in [7, 11) is -7.54. The fraction of sp³-hybridized carbons (Fsp3) is 0.692. The molecule has 0 aliphatic carbocycles. The Hall–Kier alpha value is -0.230. The van der Waals surface area contributed by atoms with Gasteiger partial charge >= 0.3 is 0 Å². The van der Waals surface area contributed by atoms with Crippen LogP contribution in [-0.2, 0) is 19.9 Å². The molecule has 0 amide bonds. The largest absolute Gasteiger partial charge is 0.396 e. The number of fused-ring (bicyclic) bond motifs is 1. The molecule has 2 atom stereocenters. The van der Waals surface area contributed by atoms with E-state index in [1.807, 2.05) is 6.92 Å². The minimum atomic E-state index is -3.94. The summed E-state index contributed by atoms with van der Waals surface area (Å²) in [5.41, 5.74) is 0.493. The molecule has 0 fully saturated rings. The van der Waals surface area contributed by atoms with Gasteiger partial charge in [-0.15, -0.1) is 23.7 Å². The van der Waals surface area contributed by atoms with Gasteiger partial charge in [0.25, 0.3) is 0 Å². The van der Waals surface area contributed by atoms with Gasteiger partial charge in [0.1, 0.15) is 8.42 Å². The number of thiophene rings is 1. The maximum Gasteiger partial charge on any atom is 0.247 e. The molecule has 2 rings (SSSR count). The van der Waals surface area contributed by atoms with Crippen LogP contribution in [0.4, 0.5) is 0 Å². The normalized spacial score (nSPS) is 22.6. The van der Waals surface area contributed by atoms with Crippen LogP contribution in [0.3, 0.4) is 0 Å². The van der Waals surface area contributed by atoms with E-state index < -0.39 is 25.1 Å². The van der Waals surface area contributed by atoms with Gasteiger partial charge in [-0.3, -0.25) is 0 Å². The van der Waals surface area contributed by atoms with E-state index in [-0.39, 0.29) is 33.5 Å². The fourth-order valence-corrected chi connectivity index (χ4v) is 7.49. The van der Waals surface area contributed by atoms with Crippen LogP contribution in [0.1, 0.15) is 44.2 Å². The topological polar surface area (TPSA) is 127 Å². The highest BCUT2D eigenvalue weighted by molar-refractivity contribution is 7.95. The van der Waals surface area contributed by atoms with Gasteiger partial charge in [-0.25, -0.2) is 22.0 Å². The number of aliphatic hydroxyl groups is 1. The third kappa shape index (κ3) is 4.48. The molecule has 0 saturated heterocycles. The number of hydrogen-bond acceptors (Lipinski definition) is 7. The van der Waals surface area contributed by atoms with E-state index in [9.17, 15) is 16.8 Å². The Morgan fingerprint density at radius 2 is 2.12 bits per heavy atom. The van der Waals surface area contributed by atoms with Crippen molar-refractivity contribution in [3.05, 3.63) is 11.6 Å². The zero-order chi connectivity index (χ0) is 17.3. The highest BCUT2D eigenvalue weighted by atomic mass is 35.5. The minimum Gasteiger partial charge on any atom is -0.396 e. The van der Waals surface area contributed by atoms with Crippen LogP contribution in [0.25, 0.3) is 0 Å². The van der Waals surface area contributed by atoms with Crippen LogP contribution in [0.15, 0.2) is 14.5 Å². The lowest BCUT2D eigenvalue weighted by Gasteiger charge is -2.30. The fourth-order valence-electron chi connectivity index (χ4n) is 2.74. The first-order valence-electron chi connectivity index (χ1n) is 7.46.